The van der Waals surface area contributed by atoms with Crippen LogP contribution < -0.4 is 10.5 Å². The van der Waals surface area contributed by atoms with Gasteiger partial charge in [0.25, 0.3) is 0 Å². The zero-order valence-electron chi connectivity index (χ0n) is 12.8. The molecule has 0 heterocycles. The summed E-state index contributed by atoms with van der Waals surface area (Å²) in [6, 6.07) is 7.56. The Morgan fingerprint density at radius 2 is 1.65 bits per heavy atom. The molecule has 1 aromatic rings. The highest BCUT2D eigenvalue weighted by Gasteiger charge is 2.05. The van der Waals surface area contributed by atoms with Crippen molar-refractivity contribution in [2.24, 2.45) is 0 Å². The Morgan fingerprint density at radius 3 is 2.25 bits per heavy atom. The molecule has 0 bridgehead atoms. The van der Waals surface area contributed by atoms with Gasteiger partial charge >= 0.3 is 0 Å². The lowest BCUT2D eigenvalue weighted by atomic mass is 10.1. The van der Waals surface area contributed by atoms with E-state index >= 15 is 0 Å². The van der Waals surface area contributed by atoms with E-state index in [-0.39, 0.29) is 6.10 Å². The number of nitrogen functional groups attached to an aromatic ring is 1. The quantitative estimate of drug-likeness (QED) is 0.336. The molecule has 0 saturated carbocycles. The largest absolute Gasteiger partial charge is 0.486 e. The molecule has 2 N–H and O–H groups in total. The average Bonchev–Trinajstić information content (AvgIpc) is 2.47. The van der Waals surface area contributed by atoms with E-state index in [1.807, 2.05) is 30.3 Å². The molecule has 20 heavy (non-hydrogen) atoms. The third-order valence-electron chi connectivity index (χ3n) is 3.52. The van der Waals surface area contributed by atoms with Crippen LogP contribution in [0.2, 0.25) is 0 Å². The van der Waals surface area contributed by atoms with Crippen LogP contribution in [-0.4, -0.2) is 6.10 Å². The molecular formula is C18H29NO. The summed E-state index contributed by atoms with van der Waals surface area (Å²) >= 11 is 0. The normalized spacial score (nSPS) is 12.1. The fraction of sp³-hybridized carbons (Fsp3) is 0.556. The summed E-state index contributed by atoms with van der Waals surface area (Å²) < 4.78 is 5.89. The summed E-state index contributed by atoms with van der Waals surface area (Å²) in [6.07, 6.45) is 12.3. The minimum absolute atomic E-state index is 0.106. The van der Waals surface area contributed by atoms with Gasteiger partial charge in [0, 0.05) is 5.69 Å². The molecule has 0 spiro atoms. The van der Waals surface area contributed by atoms with Gasteiger partial charge in [-0.15, -0.1) is 0 Å². The molecule has 1 unspecified atom stereocenters. The van der Waals surface area contributed by atoms with Crippen molar-refractivity contribution in [3.8, 4) is 5.75 Å². The molecule has 0 fully saturated rings. The van der Waals surface area contributed by atoms with Crippen molar-refractivity contribution in [3.05, 3.63) is 36.9 Å². The van der Waals surface area contributed by atoms with E-state index in [9.17, 15) is 0 Å². The Kier molecular flexibility index (Phi) is 8.61. The van der Waals surface area contributed by atoms with E-state index in [1.165, 1.54) is 44.9 Å². The first-order chi connectivity index (χ1) is 9.76. The Labute approximate surface area is 124 Å². The van der Waals surface area contributed by atoms with Crippen molar-refractivity contribution >= 4 is 5.69 Å². The molecule has 0 aliphatic rings. The Hall–Kier alpha value is -1.44. The zero-order chi connectivity index (χ0) is 14.6. The highest BCUT2D eigenvalue weighted by atomic mass is 16.5. The maximum absolute atomic E-state index is 5.89. The van der Waals surface area contributed by atoms with E-state index in [1.54, 1.807) is 0 Å². The lowest BCUT2D eigenvalue weighted by Gasteiger charge is -2.15. The van der Waals surface area contributed by atoms with Crippen molar-refractivity contribution in [3.63, 3.8) is 0 Å². The second-order valence-electron chi connectivity index (χ2n) is 5.37. The van der Waals surface area contributed by atoms with Crippen LogP contribution in [0.25, 0.3) is 0 Å². The van der Waals surface area contributed by atoms with Crippen molar-refractivity contribution in [1.29, 1.82) is 0 Å². The maximum atomic E-state index is 5.89. The van der Waals surface area contributed by atoms with Crippen LogP contribution >= 0.6 is 0 Å². The van der Waals surface area contributed by atoms with Gasteiger partial charge < -0.3 is 10.5 Å². The minimum Gasteiger partial charge on any atom is -0.486 e. The summed E-state index contributed by atoms with van der Waals surface area (Å²) in [5.41, 5.74) is 6.43. The SMILES string of the molecule is C=CC(CCCCCCCCC)Oc1ccc(N)cc1. The second kappa shape index (κ2) is 10.4. The molecule has 0 saturated heterocycles. The third-order valence-corrected chi connectivity index (χ3v) is 3.52. The molecule has 112 valence electrons. The number of nitrogens with two attached hydrogens (primary N) is 1. The average molecular weight is 275 g/mol. The van der Waals surface area contributed by atoms with Gasteiger partial charge in [-0.1, -0.05) is 58.1 Å². The molecule has 0 radical (unpaired) electrons. The Morgan fingerprint density at radius 1 is 1.05 bits per heavy atom. The molecule has 0 amide bonds. The molecule has 2 heteroatoms. The topological polar surface area (TPSA) is 35.2 Å². The zero-order valence-corrected chi connectivity index (χ0v) is 12.8. The van der Waals surface area contributed by atoms with E-state index in [2.05, 4.69) is 13.5 Å². The van der Waals surface area contributed by atoms with E-state index < -0.39 is 0 Å². The predicted molar refractivity (Wildman–Crippen MR) is 88.1 cm³/mol. The lowest BCUT2D eigenvalue weighted by molar-refractivity contribution is 0.233. The van der Waals surface area contributed by atoms with Crippen molar-refractivity contribution < 1.29 is 4.74 Å². The van der Waals surface area contributed by atoms with Crippen LogP contribution in [0.5, 0.6) is 5.75 Å². The Bertz CT molecular complexity index is 358. The minimum atomic E-state index is 0.106. The predicted octanol–water partition coefficient (Wildman–Crippen LogP) is 5.34. The van der Waals surface area contributed by atoms with Crippen LogP contribution in [0.3, 0.4) is 0 Å². The first-order valence-corrected chi connectivity index (χ1v) is 7.91. The first-order valence-electron chi connectivity index (χ1n) is 7.91. The summed E-state index contributed by atoms with van der Waals surface area (Å²) in [5, 5.41) is 0. The number of ether oxygens (including phenoxy) is 1. The van der Waals surface area contributed by atoms with Gasteiger partial charge in [-0.25, -0.2) is 0 Å². The van der Waals surface area contributed by atoms with Gasteiger partial charge in [0.2, 0.25) is 0 Å². The Balaban J connectivity index is 2.16. The van der Waals surface area contributed by atoms with Crippen LogP contribution in [0, 0.1) is 0 Å². The number of hydrogen-bond acceptors (Lipinski definition) is 2. The number of benzene rings is 1. The summed E-state index contributed by atoms with van der Waals surface area (Å²) in [7, 11) is 0. The van der Waals surface area contributed by atoms with Gasteiger partial charge in [-0.05, 0) is 37.1 Å². The van der Waals surface area contributed by atoms with Gasteiger partial charge in [0.1, 0.15) is 11.9 Å². The fourth-order valence-electron chi connectivity index (χ4n) is 2.25. The van der Waals surface area contributed by atoms with E-state index in [0.29, 0.717) is 0 Å². The molecule has 0 aromatic heterocycles. The summed E-state index contributed by atoms with van der Waals surface area (Å²) in [5.74, 6) is 0.868. The third kappa shape index (κ3) is 7.22. The molecule has 2 nitrogen and oxygen atoms in total. The summed E-state index contributed by atoms with van der Waals surface area (Å²) in [6.45, 7) is 6.12. The number of hydrogen-bond donors (Lipinski definition) is 1. The van der Waals surface area contributed by atoms with Gasteiger partial charge in [-0.2, -0.15) is 0 Å². The lowest BCUT2D eigenvalue weighted by Crippen LogP contribution is -2.13. The van der Waals surface area contributed by atoms with E-state index in [0.717, 1.165) is 17.9 Å². The molecular weight excluding hydrogens is 246 g/mol. The van der Waals surface area contributed by atoms with Crippen molar-refractivity contribution in [2.75, 3.05) is 5.73 Å². The number of anilines is 1. The molecule has 0 aliphatic heterocycles. The highest BCUT2D eigenvalue weighted by Crippen LogP contribution is 2.18. The molecule has 0 aliphatic carbocycles. The van der Waals surface area contributed by atoms with Crippen molar-refractivity contribution in [1.82, 2.24) is 0 Å². The van der Waals surface area contributed by atoms with Gasteiger partial charge in [0.05, 0.1) is 0 Å². The smallest absolute Gasteiger partial charge is 0.120 e. The molecule has 1 atom stereocenters. The van der Waals surface area contributed by atoms with Crippen LogP contribution in [-0.2, 0) is 0 Å². The molecule has 1 aromatic carbocycles. The van der Waals surface area contributed by atoms with Gasteiger partial charge in [-0.3, -0.25) is 0 Å². The van der Waals surface area contributed by atoms with Crippen LogP contribution in [0.15, 0.2) is 36.9 Å². The number of unbranched alkanes of at least 4 members (excludes halogenated alkanes) is 6. The fourth-order valence-corrected chi connectivity index (χ4v) is 2.25. The number of rotatable bonds is 11. The highest BCUT2D eigenvalue weighted by molar-refractivity contribution is 5.41. The standard InChI is InChI=1S/C18H29NO/c1-3-5-6-7-8-9-10-11-17(4-2)20-18-14-12-16(19)13-15-18/h4,12-15,17H,2-3,5-11,19H2,1H3. The second-order valence-corrected chi connectivity index (χ2v) is 5.37. The monoisotopic (exact) mass is 275 g/mol. The molecule has 1 rings (SSSR count). The van der Waals surface area contributed by atoms with Crippen LogP contribution in [0.1, 0.15) is 58.3 Å². The first kappa shape index (κ1) is 16.6. The van der Waals surface area contributed by atoms with Crippen molar-refractivity contribution in [2.45, 2.75) is 64.4 Å². The van der Waals surface area contributed by atoms with E-state index in [4.69, 9.17) is 10.5 Å². The van der Waals surface area contributed by atoms with Crippen LogP contribution in [0.4, 0.5) is 5.69 Å². The summed E-state index contributed by atoms with van der Waals surface area (Å²) in [4.78, 5) is 0. The van der Waals surface area contributed by atoms with Gasteiger partial charge in [0.15, 0.2) is 0 Å². The maximum Gasteiger partial charge on any atom is 0.120 e.